The summed E-state index contributed by atoms with van der Waals surface area (Å²) in [6, 6.07) is 66.4. The second kappa shape index (κ2) is 14.8. The number of hydrogen-bond acceptors (Lipinski definition) is 4. The number of allylic oxidation sites excluding steroid dienone is 4. The van der Waals surface area contributed by atoms with Crippen molar-refractivity contribution >= 4 is 43.7 Å². The van der Waals surface area contributed by atoms with E-state index >= 15 is 0 Å². The smallest absolute Gasteiger partial charge is 0.163 e. The number of rotatable bonds is 7. The number of fused-ring (bicyclic) bond motifs is 7. The Kier molecular flexibility index (Phi) is 8.56. The first-order chi connectivity index (χ1) is 30.7. The lowest BCUT2D eigenvalue weighted by Crippen LogP contribution is -2.08. The van der Waals surface area contributed by atoms with E-state index in [0.717, 1.165) is 89.8 Å². The van der Waals surface area contributed by atoms with Gasteiger partial charge in [-0.2, -0.15) is 0 Å². The fourth-order valence-corrected chi connectivity index (χ4v) is 9.23. The molecular formula is C57H38N4O. The average molecular weight is 795 g/mol. The molecule has 292 valence electrons. The summed E-state index contributed by atoms with van der Waals surface area (Å²) >= 11 is 0. The monoisotopic (exact) mass is 794 g/mol. The summed E-state index contributed by atoms with van der Waals surface area (Å²) in [6.45, 7) is 0. The first kappa shape index (κ1) is 35.8. The van der Waals surface area contributed by atoms with Crippen molar-refractivity contribution in [2.45, 2.75) is 12.3 Å². The van der Waals surface area contributed by atoms with Crippen LogP contribution in [0.5, 0.6) is 0 Å². The summed E-state index contributed by atoms with van der Waals surface area (Å²) in [5, 5.41) is 4.57. The van der Waals surface area contributed by atoms with Gasteiger partial charge in [-0.05, 0) is 65.1 Å². The maximum atomic E-state index is 6.46. The third-order valence-electron chi connectivity index (χ3n) is 12.2. The highest BCUT2D eigenvalue weighted by molar-refractivity contribution is 6.27. The molecule has 0 fully saturated rings. The van der Waals surface area contributed by atoms with Crippen LogP contribution in [0.1, 0.15) is 18.2 Å². The van der Waals surface area contributed by atoms with Crippen molar-refractivity contribution in [1.82, 2.24) is 19.5 Å². The molecule has 1 aliphatic carbocycles. The van der Waals surface area contributed by atoms with Crippen LogP contribution in [0.4, 0.5) is 0 Å². The highest BCUT2D eigenvalue weighted by Gasteiger charge is 2.25. The normalized spacial score (nSPS) is 13.8. The van der Waals surface area contributed by atoms with Crippen LogP contribution in [0.25, 0.3) is 106 Å². The highest BCUT2D eigenvalue weighted by atomic mass is 16.3. The van der Waals surface area contributed by atoms with Crippen LogP contribution in [0.2, 0.25) is 0 Å². The molecule has 1 aliphatic rings. The Bertz CT molecular complexity index is 3470. The van der Waals surface area contributed by atoms with Crippen LogP contribution >= 0.6 is 0 Å². The second-order valence-corrected chi connectivity index (χ2v) is 15.9. The SMILES string of the molecule is C1=CCC(c2nc(-c3ccc(-c4ccccc4)cc3)nc(-c3cc(-c4ccccc4)c(-n4c5ccccc5c5c6c(ccc54)oc4ccccc46)c(-c4ccccc4)c3)n2)C=C1. The molecule has 0 saturated carbocycles. The van der Waals surface area contributed by atoms with Crippen molar-refractivity contribution in [3.05, 3.63) is 218 Å². The molecule has 0 radical (unpaired) electrons. The van der Waals surface area contributed by atoms with Crippen LogP contribution in [0, 0.1) is 0 Å². The Morgan fingerprint density at radius 2 is 1.02 bits per heavy atom. The summed E-state index contributed by atoms with van der Waals surface area (Å²) < 4.78 is 8.92. The molecule has 0 spiro atoms. The van der Waals surface area contributed by atoms with Crippen molar-refractivity contribution < 1.29 is 4.42 Å². The van der Waals surface area contributed by atoms with E-state index in [1.165, 1.54) is 16.3 Å². The van der Waals surface area contributed by atoms with Gasteiger partial charge in [0.05, 0.1) is 16.7 Å². The molecular weight excluding hydrogens is 757 g/mol. The quantitative estimate of drug-likeness (QED) is 0.161. The van der Waals surface area contributed by atoms with E-state index in [2.05, 4.69) is 205 Å². The van der Waals surface area contributed by atoms with Crippen LogP contribution in [-0.2, 0) is 0 Å². The molecule has 12 rings (SSSR count). The second-order valence-electron chi connectivity index (χ2n) is 15.9. The molecule has 0 saturated heterocycles. The van der Waals surface area contributed by atoms with Gasteiger partial charge in [0, 0.05) is 49.7 Å². The van der Waals surface area contributed by atoms with E-state index in [4.69, 9.17) is 19.4 Å². The van der Waals surface area contributed by atoms with Gasteiger partial charge in [0.1, 0.15) is 17.0 Å². The van der Waals surface area contributed by atoms with E-state index in [-0.39, 0.29) is 5.92 Å². The van der Waals surface area contributed by atoms with Crippen molar-refractivity contribution in [2.75, 3.05) is 0 Å². The van der Waals surface area contributed by atoms with Crippen molar-refractivity contribution in [3.8, 4) is 61.8 Å². The van der Waals surface area contributed by atoms with E-state index in [1.54, 1.807) is 0 Å². The zero-order chi connectivity index (χ0) is 41.0. The predicted octanol–water partition coefficient (Wildman–Crippen LogP) is 14.8. The molecule has 1 unspecified atom stereocenters. The third kappa shape index (κ3) is 6.05. The molecule has 5 heteroatoms. The Balaban J connectivity index is 1.14. The Morgan fingerprint density at radius 3 is 1.69 bits per heavy atom. The molecule has 1 atom stereocenters. The molecule has 8 aromatic carbocycles. The predicted molar refractivity (Wildman–Crippen MR) is 254 cm³/mol. The topological polar surface area (TPSA) is 56.7 Å². The fourth-order valence-electron chi connectivity index (χ4n) is 9.23. The Morgan fingerprint density at radius 1 is 0.435 bits per heavy atom. The molecule has 3 aromatic heterocycles. The van der Waals surface area contributed by atoms with Crippen LogP contribution in [-0.4, -0.2) is 19.5 Å². The van der Waals surface area contributed by atoms with E-state index in [9.17, 15) is 0 Å². The molecule has 11 aromatic rings. The van der Waals surface area contributed by atoms with Crippen molar-refractivity contribution in [3.63, 3.8) is 0 Å². The van der Waals surface area contributed by atoms with Gasteiger partial charge in [-0.15, -0.1) is 0 Å². The molecule has 0 aliphatic heterocycles. The zero-order valence-corrected chi connectivity index (χ0v) is 33.7. The number of para-hydroxylation sites is 2. The Labute approximate surface area is 358 Å². The minimum absolute atomic E-state index is 0.0268. The molecule has 0 bridgehead atoms. The number of nitrogens with zero attached hydrogens (tertiary/aromatic N) is 4. The van der Waals surface area contributed by atoms with Crippen LogP contribution in [0.3, 0.4) is 0 Å². The summed E-state index contributed by atoms with van der Waals surface area (Å²) in [5.74, 6) is 2.06. The van der Waals surface area contributed by atoms with Gasteiger partial charge < -0.3 is 8.98 Å². The molecule has 0 N–H and O–H groups in total. The largest absolute Gasteiger partial charge is 0.456 e. The van der Waals surface area contributed by atoms with Gasteiger partial charge >= 0.3 is 0 Å². The van der Waals surface area contributed by atoms with Gasteiger partial charge in [0.25, 0.3) is 0 Å². The lowest BCUT2D eigenvalue weighted by molar-refractivity contribution is 0.669. The molecule has 5 nitrogen and oxygen atoms in total. The fraction of sp³-hybridized carbons (Fsp3) is 0.0351. The highest BCUT2D eigenvalue weighted by Crippen LogP contribution is 2.46. The average Bonchev–Trinajstić information content (AvgIpc) is 3.90. The molecule has 0 amide bonds. The lowest BCUT2D eigenvalue weighted by Gasteiger charge is -2.21. The van der Waals surface area contributed by atoms with Gasteiger partial charge in [0.15, 0.2) is 11.6 Å². The summed E-state index contributed by atoms with van der Waals surface area (Å²) in [4.78, 5) is 15.8. The summed E-state index contributed by atoms with van der Waals surface area (Å²) in [5.41, 5.74) is 13.5. The van der Waals surface area contributed by atoms with Gasteiger partial charge in [0.2, 0.25) is 0 Å². The summed E-state index contributed by atoms with van der Waals surface area (Å²) in [6.07, 6.45) is 9.38. The molecule has 62 heavy (non-hydrogen) atoms. The first-order valence-electron chi connectivity index (χ1n) is 21.1. The van der Waals surface area contributed by atoms with E-state index < -0.39 is 0 Å². The first-order valence-corrected chi connectivity index (χ1v) is 21.1. The minimum atomic E-state index is 0.0268. The number of hydrogen-bond donors (Lipinski definition) is 0. The maximum Gasteiger partial charge on any atom is 0.163 e. The number of aromatic nitrogens is 4. The summed E-state index contributed by atoms with van der Waals surface area (Å²) in [7, 11) is 0. The zero-order valence-electron chi connectivity index (χ0n) is 33.7. The van der Waals surface area contributed by atoms with Gasteiger partial charge in [-0.1, -0.05) is 176 Å². The van der Waals surface area contributed by atoms with Crippen LogP contribution < -0.4 is 0 Å². The minimum Gasteiger partial charge on any atom is -0.456 e. The van der Waals surface area contributed by atoms with E-state index in [1.807, 2.05) is 12.1 Å². The lowest BCUT2D eigenvalue weighted by atomic mass is 9.92. The Hall–Kier alpha value is -8.15. The van der Waals surface area contributed by atoms with Crippen molar-refractivity contribution in [1.29, 1.82) is 0 Å². The number of furan rings is 1. The van der Waals surface area contributed by atoms with Gasteiger partial charge in [-0.3, -0.25) is 0 Å². The third-order valence-corrected chi connectivity index (χ3v) is 12.2. The standard InChI is InChI=1S/C57H38N4O/c1-5-17-37(18-6-1)38-29-31-42(32-30-38)56-58-55(41-23-11-4-12-24-41)59-57(60-56)43-35-46(39-19-7-2-8-20-39)54(47(36-43)40-21-9-3-10-22-40)61-48-27-15-13-25-44(48)52-49(61)33-34-51-53(52)45-26-14-16-28-50(45)62-51/h1-23,25-36,41H,24H2. The maximum absolute atomic E-state index is 6.46. The van der Waals surface area contributed by atoms with Gasteiger partial charge in [-0.25, -0.2) is 15.0 Å². The van der Waals surface area contributed by atoms with Crippen LogP contribution in [0.15, 0.2) is 217 Å². The number of benzene rings is 8. The molecule has 3 heterocycles. The van der Waals surface area contributed by atoms with E-state index in [0.29, 0.717) is 11.6 Å². The van der Waals surface area contributed by atoms with Crippen molar-refractivity contribution in [2.24, 2.45) is 0 Å².